The molecule has 1 N–H and O–H groups in total. The molecule has 0 saturated heterocycles. The number of anilines is 1. The van der Waals surface area contributed by atoms with Gasteiger partial charge in [-0.25, -0.2) is 9.78 Å². The minimum Gasteiger partial charge on any atom is -0.476 e. The molecule has 0 amide bonds. The van der Waals surface area contributed by atoms with Crippen molar-refractivity contribution in [3.63, 3.8) is 0 Å². The highest BCUT2D eigenvalue weighted by Crippen LogP contribution is 2.20. The van der Waals surface area contributed by atoms with Gasteiger partial charge in [-0.3, -0.25) is 0 Å². The van der Waals surface area contributed by atoms with Gasteiger partial charge in [0.2, 0.25) is 0 Å². The summed E-state index contributed by atoms with van der Waals surface area (Å²) in [5, 5.41) is 9.09. The summed E-state index contributed by atoms with van der Waals surface area (Å²) in [5.41, 5.74) is 1.67. The van der Waals surface area contributed by atoms with E-state index in [9.17, 15) is 4.79 Å². The van der Waals surface area contributed by atoms with E-state index in [4.69, 9.17) is 9.52 Å². The molecule has 5 heteroatoms. The number of aryl methyl sites for hydroxylation is 1. The molecule has 0 fully saturated rings. The molecule has 0 aliphatic carbocycles. The first kappa shape index (κ1) is 12.2. The number of carbonyl (C=O) groups is 1. The molecule has 0 aliphatic heterocycles. The number of aromatic carboxylic acids is 1. The summed E-state index contributed by atoms with van der Waals surface area (Å²) in [6, 6.07) is 5.34. The Balaban J connectivity index is 2.26. The van der Waals surface area contributed by atoms with Gasteiger partial charge in [0.25, 0.3) is 0 Å². The zero-order valence-corrected chi connectivity index (χ0v) is 10.3. The van der Waals surface area contributed by atoms with E-state index in [-0.39, 0.29) is 5.69 Å². The van der Waals surface area contributed by atoms with E-state index >= 15 is 0 Å². The Kier molecular flexibility index (Phi) is 3.32. The van der Waals surface area contributed by atoms with Gasteiger partial charge in [0.05, 0.1) is 12.0 Å². The third kappa shape index (κ3) is 2.34. The lowest BCUT2D eigenvalue weighted by Crippen LogP contribution is -2.20. The molecular weight excluding hydrogens is 232 g/mol. The maximum absolute atomic E-state index is 11.1. The van der Waals surface area contributed by atoms with Gasteiger partial charge in [-0.1, -0.05) is 0 Å². The van der Waals surface area contributed by atoms with Crippen LogP contribution in [-0.2, 0) is 6.54 Å². The van der Waals surface area contributed by atoms with Gasteiger partial charge in [-0.15, -0.1) is 0 Å². The van der Waals surface area contributed by atoms with Crippen molar-refractivity contribution in [2.45, 2.75) is 13.5 Å². The fourth-order valence-corrected chi connectivity index (χ4v) is 1.79. The molecule has 0 spiro atoms. The topological polar surface area (TPSA) is 66.6 Å². The van der Waals surface area contributed by atoms with E-state index in [1.807, 2.05) is 24.9 Å². The van der Waals surface area contributed by atoms with Crippen LogP contribution in [0.15, 0.2) is 35.1 Å². The zero-order chi connectivity index (χ0) is 13.1. The molecule has 94 valence electrons. The van der Waals surface area contributed by atoms with Crippen LogP contribution in [0, 0.1) is 6.92 Å². The Bertz CT molecular complexity index is 563. The number of nitrogens with zero attached hydrogens (tertiary/aromatic N) is 2. The molecule has 0 aliphatic rings. The molecule has 0 aromatic carbocycles. The Morgan fingerprint density at radius 3 is 2.89 bits per heavy atom. The highest BCUT2D eigenvalue weighted by molar-refractivity contribution is 5.92. The number of furan rings is 1. The first-order valence-electron chi connectivity index (χ1n) is 5.52. The number of hydrogen-bond donors (Lipinski definition) is 1. The minimum atomic E-state index is -1.03. The number of hydrogen-bond acceptors (Lipinski definition) is 4. The Labute approximate surface area is 105 Å². The van der Waals surface area contributed by atoms with Crippen molar-refractivity contribution in [2.24, 2.45) is 0 Å². The summed E-state index contributed by atoms with van der Waals surface area (Å²) >= 11 is 0. The largest absolute Gasteiger partial charge is 0.476 e. The zero-order valence-electron chi connectivity index (χ0n) is 10.3. The first-order valence-corrected chi connectivity index (χ1v) is 5.52. The monoisotopic (exact) mass is 246 g/mol. The van der Waals surface area contributed by atoms with E-state index < -0.39 is 5.97 Å². The van der Waals surface area contributed by atoms with Gasteiger partial charge in [0.1, 0.15) is 5.76 Å². The van der Waals surface area contributed by atoms with Gasteiger partial charge >= 0.3 is 5.97 Å². The number of pyridine rings is 1. The lowest BCUT2D eigenvalue weighted by Gasteiger charge is -2.20. The average molecular weight is 246 g/mol. The molecular formula is C13H14N2O3. The summed E-state index contributed by atoms with van der Waals surface area (Å²) in [7, 11) is 1.83. The van der Waals surface area contributed by atoms with Crippen LogP contribution in [0.25, 0.3) is 0 Å². The molecule has 0 radical (unpaired) electrons. The predicted molar refractivity (Wildman–Crippen MR) is 66.7 cm³/mol. The second-order valence-electron chi connectivity index (χ2n) is 4.03. The van der Waals surface area contributed by atoms with Gasteiger partial charge in [-0.05, 0) is 25.1 Å². The highest BCUT2D eigenvalue weighted by atomic mass is 16.4. The van der Waals surface area contributed by atoms with Crippen molar-refractivity contribution in [1.82, 2.24) is 4.98 Å². The molecule has 0 bridgehead atoms. The molecule has 0 saturated carbocycles. The fourth-order valence-electron chi connectivity index (χ4n) is 1.79. The van der Waals surface area contributed by atoms with Crippen molar-refractivity contribution in [3.05, 3.63) is 47.7 Å². The minimum absolute atomic E-state index is 0.0566. The second kappa shape index (κ2) is 4.91. The number of carboxylic acid groups (broad SMARTS) is 1. The molecule has 2 rings (SSSR count). The standard InChI is InChI=1S/C13H14N2O3/c1-9-10(5-7-18-9)8-15(2)11-4-3-6-14-12(11)13(16)17/h3-7H,8H2,1-2H3,(H,16,17). The second-order valence-corrected chi connectivity index (χ2v) is 4.03. The van der Waals surface area contributed by atoms with Crippen LogP contribution in [0.5, 0.6) is 0 Å². The molecule has 0 atom stereocenters. The summed E-state index contributed by atoms with van der Waals surface area (Å²) in [4.78, 5) is 16.8. The lowest BCUT2D eigenvalue weighted by molar-refractivity contribution is 0.0691. The molecule has 2 heterocycles. The van der Waals surface area contributed by atoms with Gasteiger partial charge in [0, 0.05) is 25.4 Å². The third-order valence-electron chi connectivity index (χ3n) is 2.77. The molecule has 5 nitrogen and oxygen atoms in total. The van der Waals surface area contributed by atoms with Crippen LogP contribution in [-0.4, -0.2) is 23.1 Å². The summed E-state index contributed by atoms with van der Waals surface area (Å²) < 4.78 is 5.22. The molecule has 18 heavy (non-hydrogen) atoms. The molecule has 2 aromatic heterocycles. The lowest BCUT2D eigenvalue weighted by atomic mass is 10.2. The van der Waals surface area contributed by atoms with Crippen molar-refractivity contribution in [2.75, 3.05) is 11.9 Å². The number of rotatable bonds is 4. The Morgan fingerprint density at radius 2 is 2.28 bits per heavy atom. The van der Waals surface area contributed by atoms with E-state index in [0.29, 0.717) is 12.2 Å². The Morgan fingerprint density at radius 1 is 1.50 bits per heavy atom. The molecule has 0 unspecified atom stereocenters. The third-order valence-corrected chi connectivity index (χ3v) is 2.77. The fraction of sp³-hybridized carbons (Fsp3) is 0.231. The quantitative estimate of drug-likeness (QED) is 0.896. The smallest absolute Gasteiger partial charge is 0.356 e. The van der Waals surface area contributed by atoms with Crippen LogP contribution >= 0.6 is 0 Å². The van der Waals surface area contributed by atoms with Gasteiger partial charge in [0.15, 0.2) is 5.69 Å². The Hall–Kier alpha value is -2.30. The van der Waals surface area contributed by atoms with Crippen LogP contribution in [0.4, 0.5) is 5.69 Å². The highest BCUT2D eigenvalue weighted by Gasteiger charge is 2.15. The maximum atomic E-state index is 11.1. The van der Waals surface area contributed by atoms with E-state index in [0.717, 1.165) is 11.3 Å². The summed E-state index contributed by atoms with van der Waals surface area (Å²) in [5.74, 6) is -0.191. The normalized spacial score (nSPS) is 10.3. The summed E-state index contributed by atoms with van der Waals surface area (Å²) in [6.45, 7) is 2.46. The SMILES string of the molecule is Cc1occc1CN(C)c1cccnc1C(=O)O. The van der Waals surface area contributed by atoms with Crippen molar-refractivity contribution < 1.29 is 14.3 Å². The number of aromatic nitrogens is 1. The van der Waals surface area contributed by atoms with Gasteiger partial charge in [-0.2, -0.15) is 0 Å². The van der Waals surface area contributed by atoms with E-state index in [1.165, 1.54) is 6.20 Å². The maximum Gasteiger partial charge on any atom is 0.356 e. The summed E-state index contributed by atoms with van der Waals surface area (Å²) in [6.07, 6.45) is 3.10. The van der Waals surface area contributed by atoms with Crippen LogP contribution in [0.2, 0.25) is 0 Å². The first-order chi connectivity index (χ1) is 8.59. The van der Waals surface area contributed by atoms with E-state index in [1.54, 1.807) is 18.4 Å². The van der Waals surface area contributed by atoms with Crippen molar-refractivity contribution in [1.29, 1.82) is 0 Å². The van der Waals surface area contributed by atoms with Crippen LogP contribution < -0.4 is 4.90 Å². The van der Waals surface area contributed by atoms with Gasteiger partial charge < -0.3 is 14.4 Å². The predicted octanol–water partition coefficient (Wildman–Crippen LogP) is 2.32. The van der Waals surface area contributed by atoms with Crippen molar-refractivity contribution in [3.8, 4) is 0 Å². The molecule has 2 aromatic rings. The van der Waals surface area contributed by atoms with Crippen molar-refractivity contribution >= 4 is 11.7 Å². The van der Waals surface area contributed by atoms with E-state index in [2.05, 4.69) is 4.98 Å². The number of carboxylic acids is 1. The van der Waals surface area contributed by atoms with Crippen LogP contribution in [0.3, 0.4) is 0 Å². The average Bonchev–Trinajstić information content (AvgIpc) is 2.75. The van der Waals surface area contributed by atoms with Crippen LogP contribution in [0.1, 0.15) is 21.8 Å².